The van der Waals surface area contributed by atoms with Gasteiger partial charge in [0.15, 0.2) is 0 Å². The predicted molar refractivity (Wildman–Crippen MR) is 50.1 cm³/mol. The summed E-state index contributed by atoms with van der Waals surface area (Å²) in [5.41, 5.74) is 0. The van der Waals surface area contributed by atoms with Gasteiger partial charge in [0.25, 0.3) is 0 Å². The number of aliphatic hydroxyl groups is 1. The Morgan fingerprint density at radius 3 is 2.85 bits per heavy atom. The summed E-state index contributed by atoms with van der Waals surface area (Å²) in [7, 11) is 1.56. The SMILES string of the molecule is COCC(O)CCNCC(C)C#N. The second-order valence-electron chi connectivity index (χ2n) is 3.13. The molecule has 2 atom stereocenters. The molecular formula is C9H18N2O2. The largest absolute Gasteiger partial charge is 0.391 e. The molecule has 4 nitrogen and oxygen atoms in total. The van der Waals surface area contributed by atoms with E-state index in [0.29, 0.717) is 19.6 Å². The van der Waals surface area contributed by atoms with Crippen LogP contribution in [0.15, 0.2) is 0 Å². The number of hydrogen-bond acceptors (Lipinski definition) is 4. The van der Waals surface area contributed by atoms with Crippen LogP contribution >= 0.6 is 0 Å². The Hall–Kier alpha value is -0.630. The van der Waals surface area contributed by atoms with Crippen molar-refractivity contribution in [1.82, 2.24) is 5.32 Å². The van der Waals surface area contributed by atoms with Gasteiger partial charge in [0.05, 0.1) is 24.7 Å². The number of nitrogens with zero attached hydrogens (tertiary/aromatic N) is 1. The molecule has 0 aromatic heterocycles. The Kier molecular flexibility index (Phi) is 7.60. The molecule has 0 aliphatic heterocycles. The minimum absolute atomic E-state index is 0.0274. The lowest BCUT2D eigenvalue weighted by Crippen LogP contribution is -2.26. The quantitative estimate of drug-likeness (QED) is 0.555. The van der Waals surface area contributed by atoms with Crippen LogP contribution in [-0.2, 0) is 4.74 Å². The highest BCUT2D eigenvalue weighted by atomic mass is 16.5. The smallest absolute Gasteiger partial charge is 0.0785 e. The average molecular weight is 186 g/mol. The summed E-state index contributed by atoms with van der Waals surface area (Å²) in [5.74, 6) is 0.0274. The maximum atomic E-state index is 9.24. The Bertz CT molecular complexity index is 156. The van der Waals surface area contributed by atoms with Crippen molar-refractivity contribution in [1.29, 1.82) is 5.26 Å². The molecule has 0 rings (SSSR count). The van der Waals surface area contributed by atoms with Crippen LogP contribution in [0.4, 0.5) is 0 Å². The number of ether oxygens (including phenoxy) is 1. The molecule has 2 unspecified atom stereocenters. The molecule has 4 heteroatoms. The Morgan fingerprint density at radius 2 is 2.31 bits per heavy atom. The highest BCUT2D eigenvalue weighted by Crippen LogP contribution is 1.92. The number of nitrogens with one attached hydrogen (secondary N) is 1. The lowest BCUT2D eigenvalue weighted by atomic mass is 10.2. The third-order valence-electron chi connectivity index (χ3n) is 1.68. The zero-order valence-corrected chi connectivity index (χ0v) is 8.29. The number of aliphatic hydroxyl groups excluding tert-OH is 1. The topological polar surface area (TPSA) is 65.3 Å². The van der Waals surface area contributed by atoms with Gasteiger partial charge < -0.3 is 15.2 Å². The summed E-state index contributed by atoms with van der Waals surface area (Å²) < 4.78 is 4.77. The normalized spacial score (nSPS) is 14.9. The van der Waals surface area contributed by atoms with E-state index in [-0.39, 0.29) is 5.92 Å². The molecule has 0 amide bonds. The maximum Gasteiger partial charge on any atom is 0.0785 e. The van der Waals surface area contributed by atoms with Gasteiger partial charge in [-0.1, -0.05) is 0 Å². The molecule has 0 fully saturated rings. The van der Waals surface area contributed by atoms with Crippen molar-refractivity contribution >= 4 is 0 Å². The molecule has 0 aliphatic rings. The summed E-state index contributed by atoms with van der Waals surface area (Å²) >= 11 is 0. The Balaban J connectivity index is 3.21. The van der Waals surface area contributed by atoms with Crippen LogP contribution < -0.4 is 5.32 Å². The molecule has 0 bridgehead atoms. The molecule has 0 saturated heterocycles. The third kappa shape index (κ3) is 7.72. The number of methoxy groups -OCH3 is 1. The Labute approximate surface area is 79.5 Å². The minimum Gasteiger partial charge on any atom is -0.391 e. The van der Waals surface area contributed by atoms with Gasteiger partial charge in [-0.25, -0.2) is 0 Å². The highest BCUT2D eigenvalue weighted by Gasteiger charge is 2.03. The summed E-state index contributed by atoms with van der Waals surface area (Å²) in [4.78, 5) is 0. The lowest BCUT2D eigenvalue weighted by molar-refractivity contribution is 0.0594. The molecule has 0 aliphatic carbocycles. The molecule has 76 valence electrons. The number of nitriles is 1. The van der Waals surface area contributed by atoms with Gasteiger partial charge in [-0.3, -0.25) is 0 Å². The van der Waals surface area contributed by atoms with E-state index in [1.165, 1.54) is 0 Å². The van der Waals surface area contributed by atoms with Gasteiger partial charge in [-0.05, 0) is 19.9 Å². The average Bonchev–Trinajstić information content (AvgIpc) is 2.12. The van der Waals surface area contributed by atoms with E-state index >= 15 is 0 Å². The van der Waals surface area contributed by atoms with Crippen molar-refractivity contribution in [3.05, 3.63) is 0 Å². The van der Waals surface area contributed by atoms with E-state index in [2.05, 4.69) is 11.4 Å². The van der Waals surface area contributed by atoms with Crippen molar-refractivity contribution in [2.24, 2.45) is 5.92 Å². The standard InChI is InChI=1S/C9H18N2O2/c1-8(5-10)6-11-4-3-9(12)7-13-2/h8-9,11-12H,3-4,6-7H2,1-2H3. The van der Waals surface area contributed by atoms with Gasteiger partial charge in [-0.2, -0.15) is 5.26 Å². The van der Waals surface area contributed by atoms with Gasteiger partial charge in [0.2, 0.25) is 0 Å². The van der Waals surface area contributed by atoms with Crippen LogP contribution in [0.25, 0.3) is 0 Å². The maximum absolute atomic E-state index is 9.24. The monoisotopic (exact) mass is 186 g/mol. The third-order valence-corrected chi connectivity index (χ3v) is 1.68. The minimum atomic E-state index is -0.408. The summed E-state index contributed by atoms with van der Waals surface area (Å²) in [6, 6.07) is 2.13. The molecule has 0 radical (unpaired) electrons. The van der Waals surface area contributed by atoms with Crippen molar-refractivity contribution in [3.63, 3.8) is 0 Å². The molecule has 0 heterocycles. The zero-order valence-electron chi connectivity index (χ0n) is 8.29. The molecule has 0 aromatic rings. The number of hydrogen-bond donors (Lipinski definition) is 2. The predicted octanol–water partition coefficient (Wildman–Crippen LogP) is 0.133. The van der Waals surface area contributed by atoms with Gasteiger partial charge >= 0.3 is 0 Å². The highest BCUT2D eigenvalue weighted by molar-refractivity contribution is 4.80. The fourth-order valence-corrected chi connectivity index (χ4v) is 0.909. The summed E-state index contributed by atoms with van der Waals surface area (Å²) in [5, 5.41) is 20.8. The van der Waals surface area contributed by atoms with Crippen molar-refractivity contribution < 1.29 is 9.84 Å². The fraction of sp³-hybridized carbons (Fsp3) is 0.889. The van der Waals surface area contributed by atoms with Gasteiger partial charge in [0.1, 0.15) is 0 Å². The van der Waals surface area contributed by atoms with Crippen LogP contribution in [0.3, 0.4) is 0 Å². The van der Waals surface area contributed by atoms with Crippen LogP contribution in [0.1, 0.15) is 13.3 Å². The van der Waals surface area contributed by atoms with Crippen LogP contribution in [-0.4, -0.2) is 38.0 Å². The lowest BCUT2D eigenvalue weighted by Gasteiger charge is -2.10. The molecule has 0 saturated carbocycles. The van der Waals surface area contributed by atoms with Crippen LogP contribution in [0, 0.1) is 17.2 Å². The first kappa shape index (κ1) is 12.4. The van der Waals surface area contributed by atoms with Crippen LogP contribution in [0.2, 0.25) is 0 Å². The molecular weight excluding hydrogens is 168 g/mol. The summed E-state index contributed by atoms with van der Waals surface area (Å²) in [6.07, 6.45) is 0.251. The van der Waals surface area contributed by atoms with E-state index in [9.17, 15) is 5.11 Å². The summed E-state index contributed by atoms with van der Waals surface area (Å²) in [6.45, 7) is 3.63. The second kappa shape index (κ2) is 7.99. The molecule has 0 spiro atoms. The van der Waals surface area contributed by atoms with E-state index in [4.69, 9.17) is 10.00 Å². The van der Waals surface area contributed by atoms with Gasteiger partial charge in [0, 0.05) is 13.7 Å². The molecule has 2 N–H and O–H groups in total. The second-order valence-corrected chi connectivity index (χ2v) is 3.13. The first-order valence-electron chi connectivity index (χ1n) is 4.48. The first-order valence-corrected chi connectivity index (χ1v) is 4.48. The van der Waals surface area contributed by atoms with Gasteiger partial charge in [-0.15, -0.1) is 0 Å². The van der Waals surface area contributed by atoms with E-state index in [1.807, 2.05) is 6.92 Å². The van der Waals surface area contributed by atoms with E-state index in [1.54, 1.807) is 7.11 Å². The van der Waals surface area contributed by atoms with Crippen LogP contribution in [0.5, 0.6) is 0 Å². The fourth-order valence-electron chi connectivity index (χ4n) is 0.909. The van der Waals surface area contributed by atoms with Crippen molar-refractivity contribution in [2.45, 2.75) is 19.4 Å². The zero-order chi connectivity index (χ0) is 10.1. The first-order chi connectivity index (χ1) is 6.20. The van der Waals surface area contributed by atoms with Crippen molar-refractivity contribution in [2.75, 3.05) is 26.8 Å². The van der Waals surface area contributed by atoms with E-state index in [0.717, 1.165) is 6.54 Å². The molecule has 13 heavy (non-hydrogen) atoms. The van der Waals surface area contributed by atoms with Crippen molar-refractivity contribution in [3.8, 4) is 6.07 Å². The molecule has 0 aromatic carbocycles. The van der Waals surface area contributed by atoms with E-state index < -0.39 is 6.10 Å². The Morgan fingerprint density at radius 1 is 1.62 bits per heavy atom. The number of rotatable bonds is 7.